The third kappa shape index (κ3) is 7.39. The van der Waals surface area contributed by atoms with E-state index in [4.69, 9.17) is 21.1 Å². The fourth-order valence-electron chi connectivity index (χ4n) is 5.47. The first-order valence-corrected chi connectivity index (χ1v) is 14.9. The summed E-state index contributed by atoms with van der Waals surface area (Å²) in [5, 5.41) is -0.0588. The molecule has 0 N–H and O–H groups in total. The van der Waals surface area contributed by atoms with Gasteiger partial charge < -0.3 is 9.47 Å². The van der Waals surface area contributed by atoms with Crippen molar-refractivity contribution in [1.82, 2.24) is 0 Å². The number of ether oxygens (including phenoxy) is 2. The molecule has 0 spiro atoms. The highest BCUT2D eigenvalue weighted by atomic mass is 35.5. The number of benzene rings is 4. The Morgan fingerprint density at radius 2 is 1.35 bits per heavy atom. The van der Waals surface area contributed by atoms with E-state index in [9.17, 15) is 17.6 Å². The van der Waals surface area contributed by atoms with Gasteiger partial charge in [-0.2, -0.15) is 8.78 Å². The van der Waals surface area contributed by atoms with Gasteiger partial charge in [0.2, 0.25) is 0 Å². The molecule has 5 rings (SSSR count). The lowest BCUT2D eigenvalue weighted by molar-refractivity contribution is -0.277. The second-order valence-corrected chi connectivity index (χ2v) is 11.3. The molecule has 0 bridgehead atoms. The number of halogens is 6. The molecule has 0 atom stereocenters. The maximum atomic E-state index is 15.2. The van der Waals surface area contributed by atoms with E-state index in [1.54, 1.807) is 18.2 Å². The SMILES string of the molecule is CCCCOc1ccc(C(F)(F)OC2CCC(c3ccc(-c4ccc(-c5ccc(Cl)c(F)c5)c(F)c4)c(F)c3)CC2)cc1. The maximum Gasteiger partial charge on any atom is 0.383 e. The van der Waals surface area contributed by atoms with Crippen LogP contribution in [0.1, 0.15) is 62.5 Å². The van der Waals surface area contributed by atoms with Crippen molar-refractivity contribution in [3.63, 3.8) is 0 Å². The van der Waals surface area contributed by atoms with Gasteiger partial charge in [-0.1, -0.05) is 55.3 Å². The molecule has 0 unspecified atom stereocenters. The van der Waals surface area contributed by atoms with Crippen molar-refractivity contribution in [2.24, 2.45) is 0 Å². The van der Waals surface area contributed by atoms with E-state index in [0.29, 0.717) is 49.2 Å². The lowest BCUT2D eigenvalue weighted by atomic mass is 9.82. The Balaban J connectivity index is 1.19. The highest BCUT2D eigenvalue weighted by Crippen LogP contribution is 2.40. The number of alkyl halides is 2. The lowest BCUT2D eigenvalue weighted by Gasteiger charge is -2.31. The van der Waals surface area contributed by atoms with E-state index in [2.05, 4.69) is 0 Å². The molecule has 0 amide bonds. The number of hydrogen-bond donors (Lipinski definition) is 0. The molecule has 1 aliphatic carbocycles. The monoisotopic (exact) mass is 614 g/mol. The van der Waals surface area contributed by atoms with Crippen LogP contribution in [0.4, 0.5) is 22.0 Å². The van der Waals surface area contributed by atoms with Crippen LogP contribution in [-0.4, -0.2) is 12.7 Å². The highest BCUT2D eigenvalue weighted by molar-refractivity contribution is 6.30. The first kappa shape index (κ1) is 31.0. The van der Waals surface area contributed by atoms with Gasteiger partial charge in [0.15, 0.2) is 0 Å². The Morgan fingerprint density at radius 1 is 0.744 bits per heavy atom. The van der Waals surface area contributed by atoms with Crippen LogP contribution in [0.25, 0.3) is 22.3 Å². The molecule has 226 valence electrons. The molecular weight excluding hydrogens is 583 g/mol. The smallest absolute Gasteiger partial charge is 0.383 e. The van der Waals surface area contributed by atoms with Crippen molar-refractivity contribution < 1.29 is 31.4 Å². The predicted octanol–water partition coefficient (Wildman–Crippen LogP) is 11.1. The van der Waals surface area contributed by atoms with Crippen LogP contribution in [0.3, 0.4) is 0 Å². The van der Waals surface area contributed by atoms with Gasteiger partial charge in [0, 0.05) is 11.1 Å². The van der Waals surface area contributed by atoms with Gasteiger partial charge in [-0.3, -0.25) is 0 Å². The lowest BCUT2D eigenvalue weighted by Crippen LogP contribution is -2.29. The van der Waals surface area contributed by atoms with Gasteiger partial charge in [0.25, 0.3) is 0 Å². The van der Waals surface area contributed by atoms with Gasteiger partial charge in [-0.15, -0.1) is 0 Å². The molecule has 0 saturated heterocycles. The van der Waals surface area contributed by atoms with Gasteiger partial charge in [-0.05, 0) is 103 Å². The fraction of sp³-hybridized carbons (Fsp3) is 0.314. The van der Waals surface area contributed by atoms with Gasteiger partial charge in [0.1, 0.15) is 23.2 Å². The van der Waals surface area contributed by atoms with Crippen LogP contribution in [-0.2, 0) is 10.8 Å². The predicted molar refractivity (Wildman–Crippen MR) is 159 cm³/mol. The minimum atomic E-state index is -3.43. The van der Waals surface area contributed by atoms with Crippen molar-refractivity contribution in [1.29, 1.82) is 0 Å². The maximum absolute atomic E-state index is 15.2. The van der Waals surface area contributed by atoms with Crippen molar-refractivity contribution in [2.75, 3.05) is 6.61 Å². The average molecular weight is 615 g/mol. The molecule has 8 heteroatoms. The largest absolute Gasteiger partial charge is 0.494 e. The van der Waals surface area contributed by atoms with Crippen LogP contribution in [0.15, 0.2) is 78.9 Å². The molecule has 2 nitrogen and oxygen atoms in total. The summed E-state index contributed by atoms with van der Waals surface area (Å²) < 4.78 is 84.6. The van der Waals surface area contributed by atoms with Crippen LogP contribution >= 0.6 is 11.6 Å². The zero-order valence-corrected chi connectivity index (χ0v) is 24.5. The molecule has 0 aromatic heterocycles. The Kier molecular flexibility index (Phi) is 9.72. The average Bonchev–Trinajstić information content (AvgIpc) is 2.99. The summed E-state index contributed by atoms with van der Waals surface area (Å²) in [7, 11) is 0. The van der Waals surface area contributed by atoms with Crippen molar-refractivity contribution in [2.45, 2.75) is 63.6 Å². The van der Waals surface area contributed by atoms with Gasteiger partial charge >= 0.3 is 6.11 Å². The topological polar surface area (TPSA) is 18.5 Å². The van der Waals surface area contributed by atoms with Gasteiger partial charge in [0.05, 0.1) is 23.3 Å². The first-order chi connectivity index (χ1) is 20.6. The van der Waals surface area contributed by atoms with Crippen molar-refractivity contribution >= 4 is 11.6 Å². The quantitative estimate of drug-likeness (QED) is 0.131. The Bertz CT molecular complexity index is 1550. The first-order valence-electron chi connectivity index (χ1n) is 14.5. The Labute approximate surface area is 253 Å². The van der Waals surface area contributed by atoms with E-state index in [1.807, 2.05) is 6.92 Å². The summed E-state index contributed by atoms with van der Waals surface area (Å²) in [5.41, 5.74) is 1.62. The third-order valence-corrected chi connectivity index (χ3v) is 8.23. The summed E-state index contributed by atoms with van der Waals surface area (Å²) >= 11 is 5.72. The fourth-order valence-corrected chi connectivity index (χ4v) is 5.59. The third-order valence-electron chi connectivity index (χ3n) is 7.92. The molecule has 43 heavy (non-hydrogen) atoms. The molecule has 4 aromatic rings. The highest BCUT2D eigenvalue weighted by Gasteiger charge is 2.37. The van der Waals surface area contributed by atoms with E-state index < -0.39 is 29.7 Å². The molecule has 0 heterocycles. The van der Waals surface area contributed by atoms with Crippen LogP contribution in [0.2, 0.25) is 5.02 Å². The summed E-state index contributed by atoms with van der Waals surface area (Å²) in [6.07, 6.45) is -0.190. The second-order valence-electron chi connectivity index (χ2n) is 10.9. The van der Waals surface area contributed by atoms with E-state index in [1.165, 1.54) is 54.6 Å². The molecule has 4 aromatic carbocycles. The summed E-state index contributed by atoms with van der Waals surface area (Å²) in [5.74, 6) is -1.24. The Morgan fingerprint density at radius 3 is 1.95 bits per heavy atom. The second kappa shape index (κ2) is 13.5. The van der Waals surface area contributed by atoms with E-state index in [-0.39, 0.29) is 27.6 Å². The minimum Gasteiger partial charge on any atom is -0.494 e. The van der Waals surface area contributed by atoms with E-state index >= 15 is 4.39 Å². The standard InChI is InChI=1S/C35H32ClF5O2/c1-2-3-18-42-27-13-9-26(10-14-27)35(40,41)43-28-11-4-22(5-12-28)23-6-15-29(32(37)19-23)24-7-16-30(33(38)20-24)25-8-17-31(36)34(39)21-25/h6-10,13-17,19-22,28H,2-5,11-12,18H2,1H3. The molecule has 0 aliphatic heterocycles. The summed E-state index contributed by atoms with van der Waals surface area (Å²) in [4.78, 5) is 0. The van der Waals surface area contributed by atoms with Crippen molar-refractivity contribution in [3.8, 4) is 28.0 Å². The molecule has 1 saturated carbocycles. The van der Waals surface area contributed by atoms with Crippen LogP contribution in [0, 0.1) is 17.5 Å². The summed E-state index contributed by atoms with van der Waals surface area (Å²) in [6, 6.07) is 18.8. The Hall–Kier alpha value is -3.42. The number of rotatable bonds is 10. The minimum absolute atomic E-state index is 0.00418. The number of hydrogen-bond acceptors (Lipinski definition) is 2. The van der Waals surface area contributed by atoms with Crippen molar-refractivity contribution in [3.05, 3.63) is 112 Å². The number of unbranched alkanes of at least 4 members (excludes halogenated alkanes) is 1. The van der Waals surface area contributed by atoms with Gasteiger partial charge in [-0.25, -0.2) is 13.2 Å². The molecular formula is C35H32ClF5O2. The van der Waals surface area contributed by atoms with Crippen LogP contribution < -0.4 is 4.74 Å². The summed E-state index contributed by atoms with van der Waals surface area (Å²) in [6.45, 7) is 2.59. The molecule has 0 radical (unpaired) electrons. The van der Waals surface area contributed by atoms with Crippen LogP contribution in [0.5, 0.6) is 5.75 Å². The van der Waals surface area contributed by atoms with E-state index in [0.717, 1.165) is 24.5 Å². The molecule has 1 fully saturated rings. The zero-order chi connectivity index (χ0) is 30.6. The zero-order valence-electron chi connectivity index (χ0n) is 23.7. The molecule has 1 aliphatic rings. The normalized spacial score (nSPS) is 17.2.